The normalized spacial score (nSPS) is 14.7. The number of urea groups is 1. The van der Waals surface area contributed by atoms with E-state index >= 15 is 0 Å². The van der Waals surface area contributed by atoms with Crippen LogP contribution < -0.4 is 19.7 Å². The second-order valence-corrected chi connectivity index (χ2v) is 7.33. The van der Waals surface area contributed by atoms with Gasteiger partial charge in [-0.2, -0.15) is 0 Å². The summed E-state index contributed by atoms with van der Waals surface area (Å²) in [7, 11) is 3.43. The van der Waals surface area contributed by atoms with E-state index in [0.29, 0.717) is 25.4 Å². The Kier molecular flexibility index (Phi) is 6.46. The summed E-state index contributed by atoms with van der Waals surface area (Å²) < 4.78 is 25.2. The third-order valence-corrected chi connectivity index (χ3v) is 4.86. The van der Waals surface area contributed by atoms with Gasteiger partial charge in [0.05, 0.1) is 25.7 Å². The van der Waals surface area contributed by atoms with Gasteiger partial charge in [0.2, 0.25) is 0 Å². The highest BCUT2D eigenvalue weighted by Gasteiger charge is 2.29. The fourth-order valence-corrected chi connectivity index (χ4v) is 3.11. The van der Waals surface area contributed by atoms with Crippen LogP contribution in [0.2, 0.25) is 0 Å². The minimum Gasteiger partial charge on any atom is -0.494 e. The van der Waals surface area contributed by atoms with E-state index in [1.165, 1.54) is 11.0 Å². The average Bonchev–Trinajstić information content (AvgIpc) is 2.66. The van der Waals surface area contributed by atoms with E-state index in [-0.39, 0.29) is 23.9 Å². The van der Waals surface area contributed by atoms with Gasteiger partial charge in [-0.3, -0.25) is 0 Å². The lowest BCUT2D eigenvalue weighted by Crippen LogP contribution is -2.54. The largest absolute Gasteiger partial charge is 0.494 e. The Morgan fingerprint density at radius 3 is 2.52 bits per heavy atom. The number of nitrogens with zero attached hydrogens (tertiary/aromatic N) is 2. The van der Waals surface area contributed by atoms with Crippen LogP contribution in [0.3, 0.4) is 0 Å². The molecule has 2 aromatic carbocycles. The van der Waals surface area contributed by atoms with Gasteiger partial charge < -0.3 is 24.6 Å². The lowest BCUT2D eigenvalue weighted by molar-refractivity contribution is 0.160. The molecule has 1 saturated heterocycles. The van der Waals surface area contributed by atoms with Crippen LogP contribution in [0, 0.1) is 5.82 Å². The molecule has 0 aromatic heterocycles. The van der Waals surface area contributed by atoms with E-state index in [4.69, 9.17) is 9.47 Å². The van der Waals surface area contributed by atoms with Crippen molar-refractivity contribution in [2.45, 2.75) is 26.0 Å². The van der Waals surface area contributed by atoms with Gasteiger partial charge in [-0.15, -0.1) is 0 Å². The highest BCUT2D eigenvalue weighted by atomic mass is 19.1. The first-order chi connectivity index (χ1) is 13.9. The smallest absolute Gasteiger partial charge is 0.317 e. The van der Waals surface area contributed by atoms with Crippen molar-refractivity contribution in [3.05, 3.63) is 53.8 Å². The topological polar surface area (TPSA) is 54.0 Å². The second-order valence-electron chi connectivity index (χ2n) is 7.33. The first kappa shape index (κ1) is 20.8. The summed E-state index contributed by atoms with van der Waals surface area (Å²) in [5, 5.41) is 2.93. The van der Waals surface area contributed by atoms with Gasteiger partial charge in [0.25, 0.3) is 0 Å². The van der Waals surface area contributed by atoms with E-state index in [0.717, 1.165) is 11.3 Å². The van der Waals surface area contributed by atoms with E-state index in [1.807, 2.05) is 38.1 Å². The third-order valence-electron chi connectivity index (χ3n) is 4.86. The predicted molar refractivity (Wildman–Crippen MR) is 111 cm³/mol. The number of carbonyl (C=O) groups is 1. The Balaban J connectivity index is 1.51. The van der Waals surface area contributed by atoms with Crippen LogP contribution in [0.4, 0.5) is 14.9 Å². The number of rotatable bonds is 7. The zero-order valence-corrected chi connectivity index (χ0v) is 17.3. The van der Waals surface area contributed by atoms with E-state index in [1.54, 1.807) is 26.2 Å². The van der Waals surface area contributed by atoms with Crippen LogP contribution >= 0.6 is 0 Å². The van der Waals surface area contributed by atoms with Crippen molar-refractivity contribution in [1.29, 1.82) is 0 Å². The molecule has 0 saturated carbocycles. The molecule has 0 radical (unpaired) electrons. The van der Waals surface area contributed by atoms with Gasteiger partial charge in [-0.1, -0.05) is 12.1 Å². The predicted octanol–water partition coefficient (Wildman–Crippen LogP) is 3.82. The quantitative estimate of drug-likeness (QED) is 0.766. The molecule has 1 aliphatic rings. The minimum atomic E-state index is -0.410. The summed E-state index contributed by atoms with van der Waals surface area (Å²) >= 11 is 0. The molecular formula is C22H28FN3O3. The molecule has 2 aromatic rings. The van der Waals surface area contributed by atoms with Crippen LogP contribution in [-0.2, 0) is 0 Å². The van der Waals surface area contributed by atoms with Crippen molar-refractivity contribution in [1.82, 2.24) is 10.2 Å². The zero-order chi connectivity index (χ0) is 21.0. The fourth-order valence-electron chi connectivity index (χ4n) is 3.11. The number of benzene rings is 2. The number of ether oxygens (including phenoxy) is 2. The van der Waals surface area contributed by atoms with Crippen molar-refractivity contribution in [2.75, 3.05) is 38.7 Å². The van der Waals surface area contributed by atoms with E-state index in [9.17, 15) is 9.18 Å². The van der Waals surface area contributed by atoms with Crippen LogP contribution in [0.15, 0.2) is 42.5 Å². The summed E-state index contributed by atoms with van der Waals surface area (Å²) in [5.74, 6) is 0.343. The van der Waals surface area contributed by atoms with Crippen LogP contribution in [0.5, 0.6) is 11.5 Å². The van der Waals surface area contributed by atoms with Gasteiger partial charge >= 0.3 is 6.03 Å². The molecule has 0 bridgehead atoms. The lowest BCUT2D eigenvalue weighted by atomic mass is 10.1. The number of halogens is 1. The first-order valence-electron chi connectivity index (χ1n) is 9.79. The van der Waals surface area contributed by atoms with Crippen LogP contribution in [-0.4, -0.2) is 50.8 Å². The highest BCUT2D eigenvalue weighted by Crippen LogP contribution is 2.28. The third kappa shape index (κ3) is 5.10. The van der Waals surface area contributed by atoms with Crippen molar-refractivity contribution in [3.63, 3.8) is 0 Å². The first-order valence-corrected chi connectivity index (χ1v) is 9.79. The maximum Gasteiger partial charge on any atom is 0.317 e. The zero-order valence-electron chi connectivity index (χ0n) is 17.3. The Bertz CT molecular complexity index is 836. The number of hydrogen-bond acceptors (Lipinski definition) is 4. The number of anilines is 1. The van der Waals surface area contributed by atoms with Gasteiger partial charge in [0.1, 0.15) is 11.9 Å². The van der Waals surface area contributed by atoms with E-state index < -0.39 is 5.82 Å². The molecular weight excluding hydrogens is 373 g/mol. The molecule has 0 spiro atoms. The Morgan fingerprint density at radius 1 is 1.24 bits per heavy atom. The highest BCUT2D eigenvalue weighted by molar-refractivity contribution is 5.74. The summed E-state index contributed by atoms with van der Waals surface area (Å²) in [6.45, 7) is 5.70. The number of hydrogen-bond donors (Lipinski definition) is 1. The molecule has 6 nitrogen and oxygen atoms in total. The summed E-state index contributed by atoms with van der Waals surface area (Å²) in [6.07, 6.45) is -0.0552. The molecule has 156 valence electrons. The molecule has 1 unspecified atom stereocenters. The monoisotopic (exact) mass is 401 g/mol. The Labute approximate surface area is 171 Å². The standard InChI is InChI=1S/C22H28FN3O3/c1-5-28-18-10-11-21(20(23)12-18)29-19-13-26(14-19)17-8-6-16(7-9-17)15(2)24-22(27)25(3)4/h6-12,15,19H,5,13-14H2,1-4H3,(H,24,27). The van der Waals surface area contributed by atoms with Crippen molar-refractivity contribution >= 4 is 11.7 Å². The molecule has 7 heteroatoms. The number of nitrogens with one attached hydrogen (secondary N) is 1. The molecule has 0 aliphatic carbocycles. The Hall–Kier alpha value is -2.96. The van der Waals surface area contributed by atoms with Gasteiger partial charge in [-0.05, 0) is 43.7 Å². The molecule has 1 atom stereocenters. The maximum atomic E-state index is 14.1. The minimum absolute atomic E-state index is 0.0552. The molecule has 1 N–H and O–H groups in total. The number of carbonyl (C=O) groups excluding carboxylic acids is 1. The van der Waals surface area contributed by atoms with Gasteiger partial charge in [0, 0.05) is 25.8 Å². The molecule has 1 heterocycles. The summed E-state index contributed by atoms with van der Waals surface area (Å²) in [6, 6.07) is 12.6. The summed E-state index contributed by atoms with van der Waals surface area (Å²) in [4.78, 5) is 15.5. The van der Waals surface area contributed by atoms with Crippen LogP contribution in [0.1, 0.15) is 25.5 Å². The molecule has 1 aliphatic heterocycles. The Morgan fingerprint density at radius 2 is 1.93 bits per heavy atom. The van der Waals surface area contributed by atoms with Gasteiger partial charge in [-0.25, -0.2) is 9.18 Å². The number of amides is 2. The van der Waals surface area contributed by atoms with Crippen molar-refractivity contribution < 1.29 is 18.7 Å². The molecule has 1 fully saturated rings. The van der Waals surface area contributed by atoms with Gasteiger partial charge in [0.15, 0.2) is 11.6 Å². The fraction of sp³-hybridized carbons (Fsp3) is 0.409. The van der Waals surface area contributed by atoms with Crippen molar-refractivity contribution in [3.8, 4) is 11.5 Å². The molecule has 2 amide bonds. The lowest BCUT2D eigenvalue weighted by Gasteiger charge is -2.40. The SMILES string of the molecule is CCOc1ccc(OC2CN(c3ccc(C(C)NC(=O)N(C)C)cc3)C2)c(F)c1. The average molecular weight is 401 g/mol. The molecule has 3 rings (SSSR count). The molecule has 29 heavy (non-hydrogen) atoms. The van der Waals surface area contributed by atoms with E-state index in [2.05, 4.69) is 10.2 Å². The second kappa shape index (κ2) is 9.03. The van der Waals surface area contributed by atoms with Crippen LogP contribution in [0.25, 0.3) is 0 Å². The maximum absolute atomic E-state index is 14.1. The van der Waals surface area contributed by atoms with Crippen molar-refractivity contribution in [2.24, 2.45) is 0 Å². The summed E-state index contributed by atoms with van der Waals surface area (Å²) in [5.41, 5.74) is 2.11.